The summed E-state index contributed by atoms with van der Waals surface area (Å²) in [6, 6.07) is 3.56. The van der Waals surface area contributed by atoms with Crippen molar-refractivity contribution in [3.05, 3.63) is 35.4 Å². The normalized spacial score (nSPS) is 11.4. The van der Waals surface area contributed by atoms with E-state index in [1.165, 1.54) is 6.07 Å². The Balaban J connectivity index is 2.57. The third-order valence-corrected chi connectivity index (χ3v) is 3.12. The van der Waals surface area contributed by atoms with Crippen molar-refractivity contribution in [1.29, 1.82) is 0 Å². The molecule has 0 heterocycles. The molecule has 0 aliphatic rings. The second-order valence-corrected chi connectivity index (χ2v) is 5.63. The second kappa shape index (κ2) is 6.85. The highest BCUT2D eigenvalue weighted by Gasteiger charge is 2.19. The van der Waals surface area contributed by atoms with E-state index >= 15 is 0 Å². The molecule has 2 nitrogen and oxygen atoms in total. The average molecular weight is 290 g/mol. The van der Waals surface area contributed by atoms with Crippen molar-refractivity contribution in [3.63, 3.8) is 0 Å². The monoisotopic (exact) mass is 289 g/mol. The summed E-state index contributed by atoms with van der Waals surface area (Å²) in [7, 11) is 0. The van der Waals surface area contributed by atoms with Crippen LogP contribution in [0.25, 0.3) is 0 Å². The smallest absolute Gasteiger partial charge is 0.224 e. The zero-order chi connectivity index (χ0) is 14.5. The summed E-state index contributed by atoms with van der Waals surface area (Å²) in [6.45, 7) is 4.37. The van der Waals surface area contributed by atoms with Gasteiger partial charge < -0.3 is 5.32 Å². The van der Waals surface area contributed by atoms with Gasteiger partial charge >= 0.3 is 0 Å². The summed E-state index contributed by atoms with van der Waals surface area (Å²) in [5, 5.41) is 2.68. The lowest BCUT2D eigenvalue weighted by Crippen LogP contribution is -2.35. The maximum Gasteiger partial charge on any atom is 0.224 e. The molecule has 0 bridgehead atoms. The summed E-state index contributed by atoms with van der Waals surface area (Å²) in [5.74, 6) is -1.29. The van der Waals surface area contributed by atoms with Crippen molar-refractivity contribution in [2.24, 2.45) is 5.41 Å². The van der Waals surface area contributed by atoms with Crippen LogP contribution in [0.3, 0.4) is 0 Å². The van der Waals surface area contributed by atoms with Crippen molar-refractivity contribution in [1.82, 2.24) is 5.32 Å². The van der Waals surface area contributed by atoms with Gasteiger partial charge in [-0.25, -0.2) is 8.78 Å². The van der Waals surface area contributed by atoms with E-state index in [0.29, 0.717) is 12.4 Å². The SMILES string of the molecule is CC(C)(CCCl)CNC(=O)Cc1c(F)cccc1F. The van der Waals surface area contributed by atoms with Gasteiger partial charge in [0.05, 0.1) is 6.42 Å². The predicted octanol–water partition coefficient (Wildman–Crippen LogP) is 3.28. The van der Waals surface area contributed by atoms with Gasteiger partial charge in [-0.1, -0.05) is 19.9 Å². The summed E-state index contributed by atoms with van der Waals surface area (Å²) < 4.78 is 26.7. The Morgan fingerprint density at radius 2 is 1.89 bits per heavy atom. The lowest BCUT2D eigenvalue weighted by Gasteiger charge is -2.23. The molecule has 0 saturated carbocycles. The third kappa shape index (κ3) is 5.15. The third-order valence-electron chi connectivity index (χ3n) is 2.93. The second-order valence-electron chi connectivity index (χ2n) is 5.26. The van der Waals surface area contributed by atoms with Crippen LogP contribution < -0.4 is 5.32 Å². The van der Waals surface area contributed by atoms with Crippen LogP contribution in [0, 0.1) is 17.0 Å². The Morgan fingerprint density at radius 1 is 1.32 bits per heavy atom. The summed E-state index contributed by atoms with van der Waals surface area (Å²) in [6.07, 6.45) is 0.457. The van der Waals surface area contributed by atoms with E-state index in [2.05, 4.69) is 5.32 Å². The molecule has 0 fully saturated rings. The van der Waals surface area contributed by atoms with Crippen LogP contribution in [0.4, 0.5) is 8.78 Å². The molecule has 1 N–H and O–H groups in total. The van der Waals surface area contributed by atoms with Gasteiger partial charge in [0.25, 0.3) is 0 Å². The number of carbonyl (C=O) groups is 1. The van der Waals surface area contributed by atoms with Gasteiger partial charge in [-0.3, -0.25) is 4.79 Å². The first-order valence-electron chi connectivity index (χ1n) is 6.11. The molecular weight excluding hydrogens is 272 g/mol. The molecule has 0 radical (unpaired) electrons. The van der Waals surface area contributed by atoms with E-state index in [1.54, 1.807) is 0 Å². The molecule has 5 heteroatoms. The molecule has 0 aliphatic carbocycles. The predicted molar refractivity (Wildman–Crippen MR) is 72.2 cm³/mol. The van der Waals surface area contributed by atoms with Crippen molar-refractivity contribution in [2.75, 3.05) is 12.4 Å². The summed E-state index contributed by atoms with van der Waals surface area (Å²) in [4.78, 5) is 11.7. The molecule has 0 aliphatic heterocycles. The number of rotatable bonds is 6. The van der Waals surface area contributed by atoms with E-state index in [-0.39, 0.29) is 17.4 Å². The van der Waals surface area contributed by atoms with E-state index in [4.69, 9.17) is 11.6 Å². The number of hydrogen-bond donors (Lipinski definition) is 1. The molecule has 1 rings (SSSR count). The first kappa shape index (κ1) is 15.9. The summed E-state index contributed by atoms with van der Waals surface area (Å²) >= 11 is 5.66. The van der Waals surface area contributed by atoms with Crippen molar-refractivity contribution in [3.8, 4) is 0 Å². The number of amides is 1. The number of hydrogen-bond acceptors (Lipinski definition) is 1. The maximum absolute atomic E-state index is 13.4. The van der Waals surface area contributed by atoms with Gasteiger partial charge in [0.2, 0.25) is 5.91 Å². The van der Waals surface area contributed by atoms with Crippen LogP contribution in [-0.4, -0.2) is 18.3 Å². The van der Waals surface area contributed by atoms with E-state index in [1.807, 2.05) is 13.8 Å². The van der Waals surface area contributed by atoms with Crippen LogP contribution >= 0.6 is 11.6 Å². The molecule has 0 saturated heterocycles. The summed E-state index contributed by atoms with van der Waals surface area (Å²) in [5.41, 5.74) is -0.333. The van der Waals surface area contributed by atoms with Gasteiger partial charge in [0.1, 0.15) is 11.6 Å². The minimum atomic E-state index is -0.699. The first-order chi connectivity index (χ1) is 8.85. The van der Waals surface area contributed by atoms with Crippen LogP contribution in [0.1, 0.15) is 25.8 Å². The Bertz CT molecular complexity index is 429. The standard InChI is InChI=1S/C14H18ClF2NO/c1-14(2,6-7-15)9-18-13(19)8-10-11(16)4-3-5-12(10)17/h3-5H,6-9H2,1-2H3,(H,18,19). The lowest BCUT2D eigenvalue weighted by atomic mass is 9.90. The number of benzene rings is 1. The van der Waals surface area contributed by atoms with Crippen LogP contribution in [0.2, 0.25) is 0 Å². The molecule has 0 atom stereocenters. The quantitative estimate of drug-likeness (QED) is 0.800. The minimum Gasteiger partial charge on any atom is -0.355 e. The van der Waals surface area contributed by atoms with Gasteiger partial charge in [0.15, 0.2) is 0 Å². The molecule has 0 unspecified atom stereocenters. The number of carbonyl (C=O) groups excluding carboxylic acids is 1. The molecule has 1 amide bonds. The van der Waals surface area contributed by atoms with Gasteiger partial charge in [-0.15, -0.1) is 11.6 Å². The highest BCUT2D eigenvalue weighted by molar-refractivity contribution is 6.17. The molecule has 1 aromatic carbocycles. The van der Waals surface area contributed by atoms with E-state index in [0.717, 1.165) is 18.6 Å². The van der Waals surface area contributed by atoms with Crippen LogP contribution in [0.5, 0.6) is 0 Å². The number of nitrogens with one attached hydrogen (secondary N) is 1. The van der Waals surface area contributed by atoms with Crippen molar-refractivity contribution in [2.45, 2.75) is 26.7 Å². The van der Waals surface area contributed by atoms with E-state index < -0.39 is 17.5 Å². The Morgan fingerprint density at radius 3 is 2.42 bits per heavy atom. The topological polar surface area (TPSA) is 29.1 Å². The molecule has 1 aromatic rings. The fraction of sp³-hybridized carbons (Fsp3) is 0.500. The molecule has 0 aromatic heterocycles. The number of halogens is 3. The zero-order valence-corrected chi connectivity index (χ0v) is 11.9. The number of alkyl halides is 1. The van der Waals surface area contributed by atoms with Gasteiger partial charge in [-0.05, 0) is 24.0 Å². The molecule has 19 heavy (non-hydrogen) atoms. The largest absolute Gasteiger partial charge is 0.355 e. The molecule has 0 spiro atoms. The van der Waals surface area contributed by atoms with E-state index in [9.17, 15) is 13.6 Å². The lowest BCUT2D eigenvalue weighted by molar-refractivity contribution is -0.121. The fourth-order valence-electron chi connectivity index (χ4n) is 1.61. The van der Waals surface area contributed by atoms with Gasteiger partial charge in [-0.2, -0.15) is 0 Å². The first-order valence-corrected chi connectivity index (χ1v) is 6.65. The van der Waals surface area contributed by atoms with Crippen molar-refractivity contribution >= 4 is 17.5 Å². The van der Waals surface area contributed by atoms with Crippen LogP contribution in [0.15, 0.2) is 18.2 Å². The average Bonchev–Trinajstić information content (AvgIpc) is 2.32. The zero-order valence-electron chi connectivity index (χ0n) is 11.1. The fourth-order valence-corrected chi connectivity index (χ4v) is 2.12. The molecular formula is C14H18ClF2NO. The Labute approximate surface area is 117 Å². The Kier molecular flexibility index (Phi) is 5.73. The minimum absolute atomic E-state index is 0.134. The Hall–Kier alpha value is -1.16. The highest BCUT2D eigenvalue weighted by atomic mass is 35.5. The van der Waals surface area contributed by atoms with Crippen LogP contribution in [-0.2, 0) is 11.2 Å². The van der Waals surface area contributed by atoms with Crippen molar-refractivity contribution < 1.29 is 13.6 Å². The van der Waals surface area contributed by atoms with Gasteiger partial charge in [0, 0.05) is 18.0 Å². The molecule has 106 valence electrons. The maximum atomic E-state index is 13.4. The highest BCUT2D eigenvalue weighted by Crippen LogP contribution is 2.19.